The number of rotatable bonds is 5. The number of phenolic OH excluding ortho intramolecular Hbond substituents is 1. The van der Waals surface area contributed by atoms with Gasteiger partial charge in [0.2, 0.25) is 0 Å². The van der Waals surface area contributed by atoms with E-state index in [-0.39, 0.29) is 12.6 Å². The minimum Gasteiger partial charge on any atom is -0.507 e. The number of ether oxygens (including phenoxy) is 1. The van der Waals surface area contributed by atoms with E-state index < -0.39 is 28.9 Å². The van der Waals surface area contributed by atoms with Crippen molar-refractivity contribution in [3.05, 3.63) is 45.4 Å². The molecular formula is C15H16F2N2O3S. The van der Waals surface area contributed by atoms with Gasteiger partial charge in [-0.15, -0.1) is 11.3 Å². The molecule has 0 spiro atoms. The summed E-state index contributed by atoms with van der Waals surface area (Å²) >= 11 is 1.39. The summed E-state index contributed by atoms with van der Waals surface area (Å²) in [6.07, 6.45) is -0.159. The smallest absolute Gasteiger partial charge is 0.260 e. The largest absolute Gasteiger partial charge is 0.507 e. The molecule has 0 aliphatic heterocycles. The molecule has 2 rings (SSSR count). The number of aromatic hydroxyl groups is 1. The Morgan fingerprint density at radius 2 is 2.17 bits per heavy atom. The van der Waals surface area contributed by atoms with Gasteiger partial charge >= 0.3 is 0 Å². The monoisotopic (exact) mass is 342 g/mol. The highest BCUT2D eigenvalue weighted by molar-refractivity contribution is 7.09. The Bertz CT molecular complexity index is 697. The molecule has 2 aromatic rings. The van der Waals surface area contributed by atoms with E-state index in [9.17, 15) is 18.7 Å². The summed E-state index contributed by atoms with van der Waals surface area (Å²) in [5.41, 5.74) is 0.0568. The minimum absolute atomic E-state index is 0.127. The molecular weight excluding hydrogens is 326 g/mol. The summed E-state index contributed by atoms with van der Waals surface area (Å²) in [5.74, 6) is -3.54. The van der Waals surface area contributed by atoms with Gasteiger partial charge in [0, 0.05) is 31.7 Å². The molecule has 0 unspecified atom stereocenters. The Kier molecular flexibility index (Phi) is 5.27. The first kappa shape index (κ1) is 17.3. The van der Waals surface area contributed by atoms with Gasteiger partial charge in [-0.1, -0.05) is 0 Å². The average molecular weight is 342 g/mol. The fraction of sp³-hybridized carbons (Fsp3) is 0.333. The number of methoxy groups -OCH3 is 1. The van der Waals surface area contributed by atoms with Crippen molar-refractivity contribution < 1.29 is 23.4 Å². The van der Waals surface area contributed by atoms with Crippen LogP contribution in [0.2, 0.25) is 0 Å². The van der Waals surface area contributed by atoms with Crippen LogP contribution < -0.4 is 0 Å². The van der Waals surface area contributed by atoms with Gasteiger partial charge in [-0.05, 0) is 6.92 Å². The van der Waals surface area contributed by atoms with E-state index in [4.69, 9.17) is 4.74 Å². The fourth-order valence-corrected chi connectivity index (χ4v) is 2.80. The number of nitrogens with zero attached hydrogens (tertiary/aromatic N) is 2. The van der Waals surface area contributed by atoms with Crippen molar-refractivity contribution in [2.45, 2.75) is 19.6 Å². The summed E-state index contributed by atoms with van der Waals surface area (Å²) in [7, 11) is 3.02. The van der Waals surface area contributed by atoms with Crippen LogP contribution in [0.1, 0.15) is 34.1 Å². The van der Waals surface area contributed by atoms with E-state index in [1.807, 2.05) is 6.92 Å². The van der Waals surface area contributed by atoms with Gasteiger partial charge in [-0.3, -0.25) is 4.79 Å². The maximum absolute atomic E-state index is 13.7. The number of halogens is 2. The minimum atomic E-state index is -1.11. The molecule has 1 aromatic carbocycles. The Morgan fingerprint density at radius 1 is 1.48 bits per heavy atom. The number of thiazole rings is 1. The molecule has 1 heterocycles. The van der Waals surface area contributed by atoms with E-state index in [2.05, 4.69) is 4.98 Å². The van der Waals surface area contributed by atoms with E-state index in [0.29, 0.717) is 17.8 Å². The Morgan fingerprint density at radius 3 is 2.78 bits per heavy atom. The zero-order chi connectivity index (χ0) is 17.1. The van der Waals surface area contributed by atoms with Gasteiger partial charge in [-0.2, -0.15) is 0 Å². The van der Waals surface area contributed by atoms with Crippen LogP contribution in [0.5, 0.6) is 5.75 Å². The van der Waals surface area contributed by atoms with Crippen molar-refractivity contribution in [3.8, 4) is 5.75 Å². The highest BCUT2D eigenvalue weighted by Gasteiger charge is 2.22. The van der Waals surface area contributed by atoms with Gasteiger partial charge in [0.05, 0.1) is 12.2 Å². The molecule has 124 valence electrons. The van der Waals surface area contributed by atoms with Crippen LogP contribution in [-0.2, 0) is 11.3 Å². The number of hydrogen-bond acceptors (Lipinski definition) is 5. The van der Waals surface area contributed by atoms with Crippen molar-refractivity contribution in [3.63, 3.8) is 0 Å². The van der Waals surface area contributed by atoms with Gasteiger partial charge in [0.1, 0.15) is 34.1 Å². The lowest BCUT2D eigenvalue weighted by atomic mass is 10.1. The molecule has 1 amide bonds. The maximum Gasteiger partial charge on any atom is 0.260 e. The summed E-state index contributed by atoms with van der Waals surface area (Å²) in [5, 5.41) is 12.1. The van der Waals surface area contributed by atoms with Gasteiger partial charge in [0.15, 0.2) is 0 Å². The zero-order valence-corrected chi connectivity index (χ0v) is 13.7. The average Bonchev–Trinajstić information content (AvgIpc) is 2.93. The van der Waals surface area contributed by atoms with Crippen LogP contribution in [0.4, 0.5) is 8.78 Å². The second-order valence-electron chi connectivity index (χ2n) is 5.00. The fourth-order valence-electron chi connectivity index (χ4n) is 1.96. The Labute approximate surface area is 136 Å². The number of carbonyl (C=O) groups excluding carboxylic acids is 1. The third kappa shape index (κ3) is 3.83. The van der Waals surface area contributed by atoms with Crippen molar-refractivity contribution in [2.24, 2.45) is 0 Å². The Balaban J connectivity index is 2.16. The highest BCUT2D eigenvalue weighted by Crippen LogP contribution is 2.25. The molecule has 0 aliphatic rings. The number of phenols is 1. The van der Waals surface area contributed by atoms with E-state index >= 15 is 0 Å². The molecule has 0 aliphatic carbocycles. The van der Waals surface area contributed by atoms with Gasteiger partial charge in [0.25, 0.3) is 5.91 Å². The van der Waals surface area contributed by atoms with E-state index in [0.717, 1.165) is 5.01 Å². The lowest BCUT2D eigenvalue weighted by Crippen LogP contribution is -2.27. The molecule has 8 heteroatoms. The van der Waals surface area contributed by atoms with E-state index in [1.54, 1.807) is 12.5 Å². The molecule has 0 fully saturated rings. The predicted octanol–water partition coefficient (Wildman–Crippen LogP) is 3.11. The molecule has 5 nitrogen and oxygen atoms in total. The summed E-state index contributed by atoms with van der Waals surface area (Å²) in [6.45, 7) is 1.98. The molecule has 0 saturated heterocycles. The quantitative estimate of drug-likeness (QED) is 0.907. The normalized spacial score (nSPS) is 12.2. The summed E-state index contributed by atoms with van der Waals surface area (Å²) < 4.78 is 31.9. The SMILES string of the molecule is CO[C@H](C)c1nc(CN(C)C(=O)c2c(O)cc(F)cc2F)cs1. The first-order valence-corrected chi connectivity index (χ1v) is 7.62. The molecule has 0 radical (unpaired) electrons. The Hall–Kier alpha value is -2.06. The first-order chi connectivity index (χ1) is 10.8. The zero-order valence-electron chi connectivity index (χ0n) is 12.8. The summed E-state index contributed by atoms with van der Waals surface area (Å²) in [4.78, 5) is 17.8. The third-order valence-electron chi connectivity index (χ3n) is 3.26. The van der Waals surface area contributed by atoms with Crippen LogP contribution in [0.25, 0.3) is 0 Å². The summed E-state index contributed by atoms with van der Waals surface area (Å²) in [6, 6.07) is 1.26. The van der Waals surface area contributed by atoms with Crippen LogP contribution in [0.3, 0.4) is 0 Å². The second-order valence-corrected chi connectivity index (χ2v) is 5.89. The van der Waals surface area contributed by atoms with Crippen LogP contribution >= 0.6 is 11.3 Å². The topological polar surface area (TPSA) is 62.7 Å². The number of benzene rings is 1. The second kappa shape index (κ2) is 7.01. The molecule has 1 aromatic heterocycles. The van der Waals surface area contributed by atoms with Gasteiger partial charge < -0.3 is 14.7 Å². The van der Waals surface area contributed by atoms with Crippen LogP contribution in [-0.4, -0.2) is 35.1 Å². The molecule has 1 N–H and O–H groups in total. The van der Waals surface area contributed by atoms with Crippen molar-refractivity contribution in [2.75, 3.05) is 14.2 Å². The van der Waals surface area contributed by atoms with Crippen molar-refractivity contribution >= 4 is 17.2 Å². The number of aromatic nitrogens is 1. The molecule has 23 heavy (non-hydrogen) atoms. The molecule has 0 bridgehead atoms. The predicted molar refractivity (Wildman–Crippen MR) is 81.4 cm³/mol. The van der Waals surface area contributed by atoms with Crippen molar-refractivity contribution in [1.82, 2.24) is 9.88 Å². The number of hydrogen-bond donors (Lipinski definition) is 1. The van der Waals surface area contributed by atoms with Crippen molar-refractivity contribution in [1.29, 1.82) is 0 Å². The molecule has 1 atom stereocenters. The van der Waals surface area contributed by atoms with Crippen LogP contribution in [0.15, 0.2) is 17.5 Å². The number of carbonyl (C=O) groups is 1. The van der Waals surface area contributed by atoms with E-state index in [1.165, 1.54) is 23.3 Å². The van der Waals surface area contributed by atoms with Gasteiger partial charge in [-0.25, -0.2) is 13.8 Å². The third-order valence-corrected chi connectivity index (χ3v) is 4.32. The standard InChI is InChI=1S/C15H16F2N2O3S/c1-8(22-3)14-18-10(7-23-14)6-19(2)15(21)13-11(17)4-9(16)5-12(13)20/h4-5,7-8,20H,6H2,1-3H3/t8-/m1/s1. The van der Waals surface area contributed by atoms with Crippen LogP contribution in [0, 0.1) is 11.6 Å². The number of amides is 1. The highest BCUT2D eigenvalue weighted by atomic mass is 32.1. The maximum atomic E-state index is 13.7. The lowest BCUT2D eigenvalue weighted by Gasteiger charge is -2.17. The first-order valence-electron chi connectivity index (χ1n) is 6.74. The lowest BCUT2D eigenvalue weighted by molar-refractivity contribution is 0.0775. The molecule has 0 saturated carbocycles.